The van der Waals surface area contributed by atoms with E-state index in [1.165, 1.54) is 4.88 Å². The summed E-state index contributed by atoms with van der Waals surface area (Å²) >= 11 is 15.3. The predicted molar refractivity (Wildman–Crippen MR) is 143 cm³/mol. The number of benzene rings is 1. The van der Waals surface area contributed by atoms with E-state index < -0.39 is 0 Å². The van der Waals surface area contributed by atoms with Gasteiger partial charge in [-0.05, 0) is 59.0 Å². The molecule has 0 spiro atoms. The number of nitrogens with zero attached hydrogens (tertiary/aromatic N) is 5. The van der Waals surface area contributed by atoms with Crippen molar-refractivity contribution in [1.29, 1.82) is 0 Å². The summed E-state index contributed by atoms with van der Waals surface area (Å²) in [7, 11) is 1.92. The summed E-state index contributed by atoms with van der Waals surface area (Å²) < 4.78 is 11.4. The van der Waals surface area contributed by atoms with Gasteiger partial charge in [-0.25, -0.2) is 15.0 Å². The quantitative estimate of drug-likeness (QED) is 0.270. The van der Waals surface area contributed by atoms with Gasteiger partial charge in [-0.2, -0.15) is 0 Å². The van der Waals surface area contributed by atoms with E-state index >= 15 is 0 Å². The second-order valence-electron chi connectivity index (χ2n) is 8.64. The summed E-state index contributed by atoms with van der Waals surface area (Å²) in [5.41, 5.74) is 3.74. The molecule has 4 aromatic rings. The molecule has 1 aliphatic rings. The number of nitrogens with one attached hydrogen (secondary N) is 1. The van der Waals surface area contributed by atoms with Crippen LogP contribution in [0.5, 0.6) is 5.75 Å². The van der Waals surface area contributed by atoms with Gasteiger partial charge in [0, 0.05) is 10.4 Å². The average molecular weight is 545 g/mol. The van der Waals surface area contributed by atoms with Crippen molar-refractivity contribution in [3.05, 3.63) is 55.3 Å². The highest BCUT2D eigenvalue weighted by Gasteiger charge is 2.29. The van der Waals surface area contributed by atoms with E-state index in [1.807, 2.05) is 40.0 Å². The van der Waals surface area contributed by atoms with Crippen LogP contribution in [0.3, 0.4) is 0 Å². The fourth-order valence-corrected chi connectivity index (χ4v) is 5.74. The fourth-order valence-electron chi connectivity index (χ4n) is 4.28. The lowest BCUT2D eigenvalue weighted by Crippen LogP contribution is -2.18. The summed E-state index contributed by atoms with van der Waals surface area (Å²) in [6, 6.07) is 5.53. The lowest BCUT2D eigenvalue weighted by atomic mass is 10.1. The van der Waals surface area contributed by atoms with Gasteiger partial charge in [0.15, 0.2) is 11.6 Å². The molecule has 0 aliphatic carbocycles. The minimum atomic E-state index is 0.440. The molecule has 0 saturated heterocycles. The Labute approximate surface area is 223 Å². The largest absolute Gasteiger partial charge is 0.494 e. The van der Waals surface area contributed by atoms with Crippen LogP contribution in [0.15, 0.2) is 22.7 Å². The second-order valence-corrected chi connectivity index (χ2v) is 10.7. The van der Waals surface area contributed by atoms with E-state index in [2.05, 4.69) is 20.4 Å². The summed E-state index contributed by atoms with van der Waals surface area (Å²) in [5, 5.41) is 9.25. The van der Waals surface area contributed by atoms with E-state index in [1.54, 1.807) is 17.4 Å². The van der Waals surface area contributed by atoms with Gasteiger partial charge >= 0.3 is 0 Å². The molecule has 36 heavy (non-hydrogen) atoms. The molecule has 3 aromatic heterocycles. The Morgan fingerprint density at radius 3 is 2.69 bits per heavy atom. The molecule has 8 nitrogen and oxygen atoms in total. The number of aryl methyl sites for hydroxylation is 3. The highest BCUT2D eigenvalue weighted by molar-refractivity contribution is 7.11. The van der Waals surface area contributed by atoms with Gasteiger partial charge in [0.25, 0.3) is 0 Å². The van der Waals surface area contributed by atoms with E-state index in [4.69, 9.17) is 42.4 Å². The maximum Gasteiger partial charge on any atom is 0.163 e. The number of ether oxygens (including phenoxy) is 1. The number of anilines is 1. The molecule has 0 saturated carbocycles. The molecular formula is C25H26Cl2N6O2S. The molecule has 11 heteroatoms. The number of hydrogen-bond donors (Lipinski definition) is 1. The molecule has 1 N–H and O–H groups in total. The average Bonchev–Trinajstić information content (AvgIpc) is 3.50. The number of halogens is 2. The third kappa shape index (κ3) is 4.80. The Kier molecular flexibility index (Phi) is 7.16. The zero-order chi connectivity index (χ0) is 25.4. The zero-order valence-electron chi connectivity index (χ0n) is 20.5. The first kappa shape index (κ1) is 25.0. The fraction of sp³-hybridized carbons (Fsp3) is 0.360. The minimum Gasteiger partial charge on any atom is -0.494 e. The molecular weight excluding hydrogens is 519 g/mol. The van der Waals surface area contributed by atoms with Crippen molar-refractivity contribution >= 4 is 40.4 Å². The Balaban J connectivity index is 1.60. The molecule has 188 valence electrons. The monoisotopic (exact) mass is 544 g/mol. The SMILES string of the molecule is CNCCCOc1ccc(Cl)c(-c2nc(-c3c(C)noc3C)c(Cl)c(N3Cc4nc(C)sc4C3)n2)c1. The maximum atomic E-state index is 6.98. The first-order valence-corrected chi connectivity index (χ1v) is 13.2. The first-order valence-electron chi connectivity index (χ1n) is 11.6. The number of fused-ring (bicyclic) bond motifs is 1. The lowest BCUT2D eigenvalue weighted by molar-refractivity contribution is 0.310. The number of rotatable bonds is 8. The van der Waals surface area contributed by atoms with E-state index in [-0.39, 0.29) is 0 Å². The van der Waals surface area contributed by atoms with Crippen molar-refractivity contribution in [2.75, 3.05) is 25.1 Å². The smallest absolute Gasteiger partial charge is 0.163 e. The third-order valence-corrected chi connectivity index (χ3v) is 7.66. The van der Waals surface area contributed by atoms with Crippen LogP contribution in [0.4, 0.5) is 5.82 Å². The van der Waals surface area contributed by atoms with Crippen molar-refractivity contribution in [3.8, 4) is 28.4 Å². The van der Waals surface area contributed by atoms with Gasteiger partial charge in [0.05, 0.1) is 46.7 Å². The second kappa shape index (κ2) is 10.3. The number of thiazole rings is 1. The highest BCUT2D eigenvalue weighted by Crippen LogP contribution is 2.42. The van der Waals surface area contributed by atoms with Crippen LogP contribution in [-0.4, -0.2) is 40.3 Å². The predicted octanol–water partition coefficient (Wildman–Crippen LogP) is 6.00. The Bertz CT molecular complexity index is 1380. The molecule has 0 amide bonds. The Morgan fingerprint density at radius 1 is 1.14 bits per heavy atom. The van der Waals surface area contributed by atoms with E-state index in [0.717, 1.165) is 29.2 Å². The Morgan fingerprint density at radius 2 is 1.97 bits per heavy atom. The molecule has 4 heterocycles. The molecule has 1 aromatic carbocycles. The summed E-state index contributed by atoms with van der Waals surface area (Å²) in [5.74, 6) is 2.41. The van der Waals surface area contributed by atoms with Gasteiger partial charge in [0.2, 0.25) is 0 Å². The lowest BCUT2D eigenvalue weighted by Gasteiger charge is -2.21. The summed E-state index contributed by atoms with van der Waals surface area (Å²) in [4.78, 5) is 17.8. The van der Waals surface area contributed by atoms with Crippen LogP contribution < -0.4 is 15.0 Å². The van der Waals surface area contributed by atoms with Crippen molar-refractivity contribution < 1.29 is 9.26 Å². The molecule has 1 aliphatic heterocycles. The first-order chi connectivity index (χ1) is 17.4. The number of hydrogen-bond acceptors (Lipinski definition) is 9. The molecule has 5 rings (SSSR count). The van der Waals surface area contributed by atoms with Crippen LogP contribution in [0.25, 0.3) is 22.6 Å². The van der Waals surface area contributed by atoms with E-state index in [0.29, 0.717) is 69.8 Å². The molecule has 0 bridgehead atoms. The zero-order valence-corrected chi connectivity index (χ0v) is 22.8. The normalized spacial score (nSPS) is 12.9. The summed E-state index contributed by atoms with van der Waals surface area (Å²) in [6.07, 6.45) is 0.888. The van der Waals surface area contributed by atoms with Crippen molar-refractivity contribution in [2.24, 2.45) is 0 Å². The van der Waals surface area contributed by atoms with Crippen LogP contribution in [0.1, 0.15) is 33.5 Å². The topological polar surface area (TPSA) is 89.2 Å². The van der Waals surface area contributed by atoms with Crippen LogP contribution in [0, 0.1) is 20.8 Å². The number of aromatic nitrogens is 4. The Hall–Kier alpha value is -2.72. The van der Waals surface area contributed by atoms with Gasteiger partial charge in [-0.15, -0.1) is 11.3 Å². The summed E-state index contributed by atoms with van der Waals surface area (Å²) in [6.45, 7) is 8.51. The molecule has 0 radical (unpaired) electrons. The minimum absolute atomic E-state index is 0.440. The molecule has 0 fully saturated rings. The van der Waals surface area contributed by atoms with Gasteiger partial charge in [-0.1, -0.05) is 28.4 Å². The van der Waals surface area contributed by atoms with Crippen molar-refractivity contribution in [2.45, 2.75) is 40.3 Å². The molecule has 0 unspecified atom stereocenters. The maximum absolute atomic E-state index is 6.98. The van der Waals surface area contributed by atoms with Crippen molar-refractivity contribution in [1.82, 2.24) is 25.4 Å². The van der Waals surface area contributed by atoms with Crippen LogP contribution in [0.2, 0.25) is 10.0 Å². The standard InChI is InChI=1S/C25H26Cl2N6O2S/c1-13-21(14(2)35-32-13)23-22(27)25(33-11-19-20(12-33)36-15(3)29-19)31-24(30-23)17-10-16(6-7-18(17)26)34-9-5-8-28-4/h6-7,10,28H,5,8-9,11-12H2,1-4H3. The van der Waals surface area contributed by atoms with Gasteiger partial charge < -0.3 is 19.5 Å². The van der Waals surface area contributed by atoms with Gasteiger partial charge in [0.1, 0.15) is 22.2 Å². The molecule has 0 atom stereocenters. The van der Waals surface area contributed by atoms with Crippen molar-refractivity contribution in [3.63, 3.8) is 0 Å². The van der Waals surface area contributed by atoms with Crippen LogP contribution >= 0.6 is 34.5 Å². The van der Waals surface area contributed by atoms with Crippen LogP contribution in [-0.2, 0) is 13.1 Å². The highest BCUT2D eigenvalue weighted by atomic mass is 35.5. The van der Waals surface area contributed by atoms with E-state index in [9.17, 15) is 0 Å². The third-order valence-electron chi connectivity index (χ3n) is 5.98. The van der Waals surface area contributed by atoms with Gasteiger partial charge in [-0.3, -0.25) is 0 Å².